The van der Waals surface area contributed by atoms with Crippen molar-refractivity contribution in [2.24, 2.45) is 5.41 Å². The summed E-state index contributed by atoms with van der Waals surface area (Å²) in [6, 6.07) is 3.50. The summed E-state index contributed by atoms with van der Waals surface area (Å²) in [6.07, 6.45) is 6.22. The maximum atomic E-state index is 13.7. The Morgan fingerprint density at radius 3 is 2.50 bits per heavy atom. The van der Waals surface area contributed by atoms with Gasteiger partial charge in [-0.2, -0.15) is 0 Å². The molecule has 1 unspecified atom stereocenters. The number of ether oxygens (including phenoxy) is 1. The molecule has 20 heavy (non-hydrogen) atoms. The van der Waals surface area contributed by atoms with Crippen LogP contribution < -0.4 is 10.1 Å². The van der Waals surface area contributed by atoms with Gasteiger partial charge in [0.15, 0.2) is 0 Å². The van der Waals surface area contributed by atoms with E-state index in [1.54, 1.807) is 7.11 Å². The summed E-state index contributed by atoms with van der Waals surface area (Å²) < 4.78 is 19.6. The maximum Gasteiger partial charge on any atom is 0.141 e. The number of methoxy groups -OCH3 is 1. The normalized spacial score (nSPS) is 19.6. The molecule has 1 N–H and O–H groups in total. The molecule has 2 nitrogen and oxygen atoms in total. The summed E-state index contributed by atoms with van der Waals surface area (Å²) in [4.78, 5) is 0. The Hall–Kier alpha value is -0.610. The van der Waals surface area contributed by atoms with Crippen molar-refractivity contribution in [2.45, 2.75) is 45.1 Å². The van der Waals surface area contributed by atoms with Crippen LogP contribution in [0.2, 0.25) is 0 Å². The number of halogens is 2. The lowest BCUT2D eigenvalue weighted by Crippen LogP contribution is -2.36. The minimum absolute atomic E-state index is 0.176. The van der Waals surface area contributed by atoms with Crippen LogP contribution in [0.3, 0.4) is 0 Å². The maximum absolute atomic E-state index is 13.7. The molecule has 0 heterocycles. The monoisotopic (exact) mass is 343 g/mol. The van der Waals surface area contributed by atoms with Crippen molar-refractivity contribution in [3.63, 3.8) is 0 Å². The molecule has 0 radical (unpaired) electrons. The summed E-state index contributed by atoms with van der Waals surface area (Å²) in [6.45, 7) is 2.32. The van der Waals surface area contributed by atoms with E-state index in [-0.39, 0.29) is 17.3 Å². The number of rotatable bonds is 4. The average Bonchev–Trinajstić information content (AvgIpc) is 2.43. The zero-order valence-electron chi connectivity index (χ0n) is 12.4. The van der Waals surface area contributed by atoms with Gasteiger partial charge in [0.2, 0.25) is 0 Å². The molecule has 1 aliphatic rings. The molecule has 112 valence electrons. The highest BCUT2D eigenvalue weighted by molar-refractivity contribution is 9.10. The van der Waals surface area contributed by atoms with E-state index < -0.39 is 0 Å². The summed E-state index contributed by atoms with van der Waals surface area (Å²) in [5, 5.41) is 3.43. The van der Waals surface area contributed by atoms with Crippen LogP contribution in [0, 0.1) is 11.2 Å². The Labute approximate surface area is 129 Å². The minimum atomic E-state index is -0.283. The Kier molecular flexibility index (Phi) is 5.08. The summed E-state index contributed by atoms with van der Waals surface area (Å²) >= 11 is 3.29. The number of hydrogen-bond donors (Lipinski definition) is 1. The van der Waals surface area contributed by atoms with Crippen molar-refractivity contribution in [3.8, 4) is 5.75 Å². The van der Waals surface area contributed by atoms with E-state index in [0.29, 0.717) is 10.2 Å². The van der Waals surface area contributed by atoms with E-state index >= 15 is 0 Å². The molecule has 1 saturated carbocycles. The molecule has 0 aliphatic heterocycles. The number of hydrogen-bond acceptors (Lipinski definition) is 2. The predicted octanol–water partition coefficient (Wildman–Crippen LogP) is 4.83. The van der Waals surface area contributed by atoms with E-state index in [2.05, 4.69) is 28.2 Å². The second kappa shape index (κ2) is 6.44. The fourth-order valence-electron chi connectivity index (χ4n) is 3.47. The fourth-order valence-corrected chi connectivity index (χ4v) is 3.83. The van der Waals surface area contributed by atoms with E-state index in [1.807, 2.05) is 13.1 Å². The van der Waals surface area contributed by atoms with Gasteiger partial charge in [-0.1, -0.05) is 26.2 Å². The molecule has 0 aromatic heterocycles. The van der Waals surface area contributed by atoms with Gasteiger partial charge in [0.25, 0.3) is 0 Å². The van der Waals surface area contributed by atoms with Gasteiger partial charge >= 0.3 is 0 Å². The first-order chi connectivity index (χ1) is 9.51. The van der Waals surface area contributed by atoms with Gasteiger partial charge in [-0.3, -0.25) is 0 Å². The first-order valence-corrected chi connectivity index (χ1v) is 8.01. The SMILES string of the molecule is CNC(c1cc(Br)c(F)cc1OC)C1(C)CCCCC1. The Morgan fingerprint density at radius 2 is 1.95 bits per heavy atom. The molecular formula is C16H23BrFNO. The average molecular weight is 344 g/mol. The lowest BCUT2D eigenvalue weighted by molar-refractivity contribution is 0.148. The van der Waals surface area contributed by atoms with Gasteiger partial charge in [-0.15, -0.1) is 0 Å². The van der Waals surface area contributed by atoms with Crippen molar-refractivity contribution in [1.82, 2.24) is 5.32 Å². The highest BCUT2D eigenvalue weighted by atomic mass is 79.9. The predicted molar refractivity (Wildman–Crippen MR) is 83.6 cm³/mol. The third kappa shape index (κ3) is 3.01. The van der Waals surface area contributed by atoms with Gasteiger partial charge in [-0.05, 0) is 47.3 Å². The standard InChI is InChI=1S/C16H23BrFNO/c1-16(7-5-4-6-8-16)15(19-2)11-9-12(17)13(18)10-14(11)20-3/h9-10,15,19H,4-8H2,1-3H3. The molecule has 0 spiro atoms. The van der Waals surface area contributed by atoms with Crippen LogP contribution >= 0.6 is 15.9 Å². The summed E-state index contributed by atoms with van der Waals surface area (Å²) in [5.41, 5.74) is 1.23. The zero-order valence-corrected chi connectivity index (χ0v) is 14.0. The van der Waals surface area contributed by atoms with Gasteiger partial charge in [-0.25, -0.2) is 4.39 Å². The van der Waals surface area contributed by atoms with Crippen LogP contribution in [0.15, 0.2) is 16.6 Å². The second-order valence-corrected chi connectivity index (χ2v) is 6.80. The largest absolute Gasteiger partial charge is 0.496 e. The Balaban J connectivity index is 2.43. The van der Waals surface area contributed by atoms with Crippen LogP contribution in [0.25, 0.3) is 0 Å². The lowest BCUT2D eigenvalue weighted by Gasteiger charge is -2.41. The molecule has 1 aromatic carbocycles. The van der Waals surface area contributed by atoms with E-state index in [4.69, 9.17) is 4.74 Å². The highest BCUT2D eigenvalue weighted by Crippen LogP contribution is 2.48. The molecule has 0 bridgehead atoms. The van der Waals surface area contributed by atoms with Crippen LogP contribution in [0.4, 0.5) is 4.39 Å². The fraction of sp³-hybridized carbons (Fsp3) is 0.625. The molecule has 0 amide bonds. The summed E-state index contributed by atoms with van der Waals surface area (Å²) in [5.74, 6) is 0.339. The van der Waals surface area contributed by atoms with Gasteiger partial charge in [0.05, 0.1) is 11.6 Å². The van der Waals surface area contributed by atoms with Crippen molar-refractivity contribution in [2.75, 3.05) is 14.2 Å². The zero-order chi connectivity index (χ0) is 14.8. The van der Waals surface area contributed by atoms with Crippen LogP contribution in [-0.4, -0.2) is 14.2 Å². The number of benzene rings is 1. The molecule has 2 rings (SSSR count). The van der Waals surface area contributed by atoms with Gasteiger partial charge in [0, 0.05) is 17.7 Å². The first-order valence-electron chi connectivity index (χ1n) is 7.22. The van der Waals surface area contributed by atoms with E-state index in [0.717, 1.165) is 5.56 Å². The molecule has 0 saturated heterocycles. The Bertz CT molecular complexity index is 472. The topological polar surface area (TPSA) is 21.3 Å². The first kappa shape index (κ1) is 15.8. The molecule has 1 aliphatic carbocycles. The van der Waals surface area contributed by atoms with Crippen molar-refractivity contribution >= 4 is 15.9 Å². The molecule has 1 atom stereocenters. The second-order valence-electron chi connectivity index (χ2n) is 5.94. The Morgan fingerprint density at radius 1 is 1.30 bits per heavy atom. The van der Waals surface area contributed by atoms with Crippen molar-refractivity contribution < 1.29 is 9.13 Å². The van der Waals surface area contributed by atoms with Gasteiger partial charge in [0.1, 0.15) is 11.6 Å². The number of nitrogens with one attached hydrogen (secondary N) is 1. The third-order valence-corrected chi connectivity index (χ3v) is 5.17. The lowest BCUT2D eigenvalue weighted by atomic mass is 9.68. The van der Waals surface area contributed by atoms with E-state index in [1.165, 1.54) is 38.2 Å². The van der Waals surface area contributed by atoms with Crippen LogP contribution in [0.5, 0.6) is 5.75 Å². The highest BCUT2D eigenvalue weighted by Gasteiger charge is 2.37. The minimum Gasteiger partial charge on any atom is -0.496 e. The summed E-state index contributed by atoms with van der Waals surface area (Å²) in [7, 11) is 3.57. The molecule has 1 fully saturated rings. The van der Waals surface area contributed by atoms with Crippen molar-refractivity contribution in [1.29, 1.82) is 0 Å². The smallest absolute Gasteiger partial charge is 0.141 e. The molecular weight excluding hydrogens is 321 g/mol. The van der Waals surface area contributed by atoms with Crippen LogP contribution in [-0.2, 0) is 0 Å². The third-order valence-electron chi connectivity index (χ3n) is 4.57. The molecule has 4 heteroatoms. The quantitative estimate of drug-likeness (QED) is 0.845. The van der Waals surface area contributed by atoms with E-state index in [9.17, 15) is 4.39 Å². The molecule has 1 aromatic rings. The van der Waals surface area contributed by atoms with Crippen LogP contribution in [0.1, 0.15) is 50.6 Å². The van der Waals surface area contributed by atoms with Gasteiger partial charge < -0.3 is 10.1 Å². The van der Waals surface area contributed by atoms with Crippen molar-refractivity contribution in [3.05, 3.63) is 28.0 Å².